The minimum Gasteiger partial charge on any atom is -0.488 e. The molecular formula is C42H44BrClN6O5. The normalized spacial score (nSPS) is 18.9. The van der Waals surface area contributed by atoms with Gasteiger partial charge in [-0.1, -0.05) is 41.9 Å². The third-order valence-corrected chi connectivity index (χ3v) is 11.9. The molecule has 7 rings (SSSR count). The van der Waals surface area contributed by atoms with Crippen molar-refractivity contribution in [2.75, 3.05) is 32.7 Å². The highest BCUT2D eigenvalue weighted by Gasteiger charge is 2.40. The van der Waals surface area contributed by atoms with Crippen LogP contribution in [-0.2, 0) is 31.1 Å². The maximum Gasteiger partial charge on any atom is 0.310 e. The number of β-amino-alcohol motifs (C(OH)–C–C–N with tert-alkyl or cyclic N) is 1. The molecule has 4 heterocycles. The molecule has 0 amide bonds. The summed E-state index contributed by atoms with van der Waals surface area (Å²) in [6.45, 7) is 7.24. The topological polar surface area (TPSA) is 137 Å². The summed E-state index contributed by atoms with van der Waals surface area (Å²) in [5, 5.41) is 35.2. The van der Waals surface area contributed by atoms with Crippen molar-refractivity contribution in [1.82, 2.24) is 24.6 Å². The molecule has 3 aromatic carbocycles. The van der Waals surface area contributed by atoms with E-state index >= 15 is 0 Å². The second kappa shape index (κ2) is 17.1. The SMILES string of the molecule is CC1(C(=O)O)CCN(Cc2cc(Cl)c(OCc3cccc(-c4cccc5c4cnn5CCCCN4CCC(O)C4)c3Br)cc2OCc2cncc(C#N)c2)C1. The van der Waals surface area contributed by atoms with Crippen molar-refractivity contribution >= 4 is 44.4 Å². The number of aliphatic hydroxyl groups is 1. The molecule has 2 unspecified atom stereocenters. The van der Waals surface area contributed by atoms with Crippen LogP contribution in [0.15, 0.2) is 77.7 Å². The molecule has 286 valence electrons. The van der Waals surface area contributed by atoms with E-state index in [-0.39, 0.29) is 19.3 Å². The number of aromatic nitrogens is 3. The van der Waals surface area contributed by atoms with Gasteiger partial charge in [0.1, 0.15) is 30.8 Å². The number of carboxylic acid groups (broad SMARTS) is 1. The first-order valence-electron chi connectivity index (χ1n) is 18.6. The molecule has 2 aliphatic rings. The number of aliphatic hydroxyl groups excluding tert-OH is 1. The van der Waals surface area contributed by atoms with Crippen LogP contribution in [-0.4, -0.2) is 79.6 Å². The van der Waals surface area contributed by atoms with Crippen LogP contribution in [0.5, 0.6) is 11.5 Å². The molecule has 0 saturated carbocycles. The molecule has 2 aliphatic heterocycles. The maximum absolute atomic E-state index is 11.9. The molecule has 0 radical (unpaired) electrons. The van der Waals surface area contributed by atoms with Gasteiger partial charge in [0.25, 0.3) is 0 Å². The summed E-state index contributed by atoms with van der Waals surface area (Å²) in [4.78, 5) is 20.5. The highest BCUT2D eigenvalue weighted by atomic mass is 79.9. The number of aryl methyl sites for hydroxylation is 1. The largest absolute Gasteiger partial charge is 0.488 e. The fourth-order valence-electron chi connectivity index (χ4n) is 7.52. The lowest BCUT2D eigenvalue weighted by Gasteiger charge is -2.22. The Hall–Kier alpha value is -4.51. The van der Waals surface area contributed by atoms with Crippen LogP contribution in [0.2, 0.25) is 5.02 Å². The van der Waals surface area contributed by atoms with E-state index in [1.807, 2.05) is 24.4 Å². The van der Waals surface area contributed by atoms with Crippen LogP contribution in [0.4, 0.5) is 0 Å². The summed E-state index contributed by atoms with van der Waals surface area (Å²) in [5.74, 6) is 0.196. The first kappa shape index (κ1) is 38.8. The van der Waals surface area contributed by atoms with Gasteiger partial charge in [-0.25, -0.2) is 0 Å². The molecule has 2 saturated heterocycles. The molecule has 2 fully saturated rings. The van der Waals surface area contributed by atoms with Crippen LogP contribution >= 0.6 is 27.5 Å². The van der Waals surface area contributed by atoms with Gasteiger partial charge in [0.15, 0.2) is 0 Å². The number of nitriles is 1. The van der Waals surface area contributed by atoms with Gasteiger partial charge >= 0.3 is 5.97 Å². The summed E-state index contributed by atoms with van der Waals surface area (Å²) in [5.41, 5.74) is 5.27. The van der Waals surface area contributed by atoms with Crippen LogP contribution in [0, 0.1) is 16.7 Å². The average Bonchev–Trinajstić information content (AvgIpc) is 3.91. The smallest absolute Gasteiger partial charge is 0.310 e. The number of pyridine rings is 1. The fourth-order valence-corrected chi connectivity index (χ4v) is 8.36. The van der Waals surface area contributed by atoms with Crippen molar-refractivity contribution in [1.29, 1.82) is 5.26 Å². The molecule has 0 aliphatic carbocycles. The van der Waals surface area contributed by atoms with Gasteiger partial charge in [0.2, 0.25) is 0 Å². The Kier molecular flexibility index (Phi) is 12.0. The van der Waals surface area contributed by atoms with Crippen LogP contribution in [0.1, 0.15) is 54.9 Å². The van der Waals surface area contributed by atoms with Gasteiger partial charge in [-0.2, -0.15) is 10.4 Å². The minimum absolute atomic E-state index is 0.169. The van der Waals surface area contributed by atoms with Crippen molar-refractivity contribution < 1.29 is 24.5 Å². The van der Waals surface area contributed by atoms with E-state index in [0.717, 1.165) is 88.6 Å². The van der Waals surface area contributed by atoms with Gasteiger partial charge in [0.05, 0.1) is 33.8 Å². The fraction of sp³-hybridized carbons (Fsp3) is 0.381. The average molecular weight is 828 g/mol. The Balaban J connectivity index is 1.07. The number of hydrogen-bond acceptors (Lipinski definition) is 9. The monoisotopic (exact) mass is 826 g/mol. The van der Waals surface area contributed by atoms with E-state index in [4.69, 9.17) is 26.2 Å². The lowest BCUT2D eigenvalue weighted by molar-refractivity contribution is -0.147. The van der Waals surface area contributed by atoms with Gasteiger partial charge in [0, 0.05) is 77.7 Å². The molecular weight excluding hydrogens is 784 g/mol. The number of fused-ring (bicyclic) bond motifs is 1. The highest BCUT2D eigenvalue weighted by molar-refractivity contribution is 9.10. The van der Waals surface area contributed by atoms with Crippen LogP contribution in [0.25, 0.3) is 22.0 Å². The predicted molar refractivity (Wildman–Crippen MR) is 214 cm³/mol. The van der Waals surface area contributed by atoms with Gasteiger partial charge < -0.3 is 24.6 Å². The molecule has 0 bridgehead atoms. The number of halogens is 2. The summed E-state index contributed by atoms with van der Waals surface area (Å²) in [7, 11) is 0. The van der Waals surface area contributed by atoms with E-state index in [1.165, 1.54) is 6.20 Å². The number of nitrogens with zero attached hydrogens (tertiary/aromatic N) is 6. The zero-order valence-electron chi connectivity index (χ0n) is 30.8. The number of carboxylic acids is 1. The number of ether oxygens (including phenoxy) is 2. The Morgan fingerprint density at radius 2 is 1.80 bits per heavy atom. The third kappa shape index (κ3) is 8.98. The molecule has 5 aromatic rings. The van der Waals surface area contributed by atoms with E-state index < -0.39 is 11.4 Å². The van der Waals surface area contributed by atoms with E-state index in [9.17, 15) is 20.3 Å². The zero-order valence-corrected chi connectivity index (χ0v) is 33.1. The van der Waals surface area contributed by atoms with E-state index in [1.54, 1.807) is 25.3 Å². The Morgan fingerprint density at radius 1 is 1.00 bits per heavy atom. The standard InChI is InChI=1S/C42H44BrClN6O5/c1-42(41(52)53)11-15-49(27-42)23-31-17-36(44)39(18-38(31)54-25-29-16-28(19-45)20-46-21-29)55-26-30-6-4-8-34(40(30)43)33-7-5-9-37-35(33)22-47-50(37)13-3-2-12-48-14-10-32(51)24-48/h4-9,16-18,20-22,32,51H,2-3,10-15,23-27H2,1H3,(H,52,53). The van der Waals surface area contributed by atoms with Crippen molar-refractivity contribution in [2.24, 2.45) is 5.41 Å². The lowest BCUT2D eigenvalue weighted by atomic mass is 9.90. The van der Waals surface area contributed by atoms with E-state index in [0.29, 0.717) is 48.1 Å². The molecule has 13 heteroatoms. The highest BCUT2D eigenvalue weighted by Crippen LogP contribution is 2.39. The molecule has 2 aromatic heterocycles. The summed E-state index contributed by atoms with van der Waals surface area (Å²) >= 11 is 10.7. The van der Waals surface area contributed by atoms with Gasteiger partial charge in [-0.3, -0.25) is 19.4 Å². The maximum atomic E-state index is 11.9. The minimum atomic E-state index is -0.815. The van der Waals surface area contributed by atoms with Crippen molar-refractivity contribution in [3.63, 3.8) is 0 Å². The second-order valence-electron chi connectivity index (χ2n) is 14.8. The van der Waals surface area contributed by atoms with Crippen LogP contribution < -0.4 is 9.47 Å². The zero-order chi connectivity index (χ0) is 38.5. The molecule has 2 atom stereocenters. The van der Waals surface area contributed by atoms with Crippen molar-refractivity contribution in [3.05, 3.63) is 105 Å². The number of aliphatic carboxylic acids is 1. The summed E-state index contributed by atoms with van der Waals surface area (Å²) < 4.78 is 15.7. The Labute approximate surface area is 334 Å². The van der Waals surface area contributed by atoms with Crippen LogP contribution in [0.3, 0.4) is 0 Å². The molecule has 55 heavy (non-hydrogen) atoms. The summed E-state index contributed by atoms with van der Waals surface area (Å²) in [6, 6.07) is 19.9. The third-order valence-electron chi connectivity index (χ3n) is 10.7. The Morgan fingerprint density at radius 3 is 2.58 bits per heavy atom. The van der Waals surface area contributed by atoms with Crippen molar-refractivity contribution in [2.45, 2.75) is 65.0 Å². The van der Waals surface area contributed by atoms with E-state index in [2.05, 4.69) is 65.7 Å². The number of carbonyl (C=O) groups is 1. The first-order chi connectivity index (χ1) is 26.6. The number of hydrogen-bond donors (Lipinski definition) is 2. The molecule has 11 nitrogen and oxygen atoms in total. The van der Waals surface area contributed by atoms with Crippen molar-refractivity contribution in [3.8, 4) is 28.7 Å². The lowest BCUT2D eigenvalue weighted by Crippen LogP contribution is -2.31. The van der Waals surface area contributed by atoms with Gasteiger partial charge in [-0.15, -0.1) is 0 Å². The molecule has 2 N–H and O–H groups in total. The Bertz CT molecular complexity index is 2220. The predicted octanol–water partition coefficient (Wildman–Crippen LogP) is 7.69. The number of likely N-dealkylation sites (tertiary alicyclic amines) is 2. The second-order valence-corrected chi connectivity index (χ2v) is 16.0. The van der Waals surface area contributed by atoms with Gasteiger partial charge in [-0.05, 0) is 91.0 Å². The molecule has 0 spiro atoms. The summed E-state index contributed by atoms with van der Waals surface area (Å²) in [6.07, 6.45) is 8.40. The number of rotatable bonds is 15. The quantitative estimate of drug-likeness (QED) is 0.101. The number of benzene rings is 3. The number of unbranched alkanes of at least 4 members (excludes halogenated alkanes) is 1. The first-order valence-corrected chi connectivity index (χ1v) is 19.8.